The molecule has 1 amide bonds. The fourth-order valence-corrected chi connectivity index (χ4v) is 3.54. The molecular weight excluding hydrogens is 380 g/mol. The van der Waals surface area contributed by atoms with Gasteiger partial charge in [0.2, 0.25) is 5.91 Å². The number of hydrogen-bond acceptors (Lipinski definition) is 6. The summed E-state index contributed by atoms with van der Waals surface area (Å²) < 4.78 is 31.6. The zero-order valence-corrected chi connectivity index (χ0v) is 15.9. The van der Waals surface area contributed by atoms with E-state index in [0.29, 0.717) is 48.7 Å². The standard InChI is InChI=1S/C20H21F2N5O2/c1-20(21,22)11-27-6-4-13(5-7-27)19(28)26-18-8-16-14(9-24-18)2-3-15(25-16)17-10-23-12-29-17/h2-3,8-10,12-13H,4-7,11H2,1H3,(H,24,26,28). The van der Waals surface area contributed by atoms with Gasteiger partial charge in [0, 0.05) is 30.5 Å². The van der Waals surface area contributed by atoms with Crippen molar-refractivity contribution < 1.29 is 18.0 Å². The predicted molar refractivity (Wildman–Crippen MR) is 103 cm³/mol. The SMILES string of the molecule is CC(F)(F)CN1CCC(C(=O)Nc2cc3nc(-c4cnco4)ccc3cn2)CC1. The topological polar surface area (TPSA) is 84.2 Å². The maximum atomic E-state index is 13.2. The van der Waals surface area contributed by atoms with E-state index in [2.05, 4.69) is 20.3 Å². The summed E-state index contributed by atoms with van der Waals surface area (Å²) in [7, 11) is 0. The maximum absolute atomic E-state index is 13.2. The van der Waals surface area contributed by atoms with E-state index in [-0.39, 0.29) is 18.4 Å². The van der Waals surface area contributed by atoms with Crippen molar-refractivity contribution in [3.63, 3.8) is 0 Å². The van der Waals surface area contributed by atoms with Crippen LogP contribution in [0.2, 0.25) is 0 Å². The van der Waals surface area contributed by atoms with Gasteiger partial charge in [-0.15, -0.1) is 0 Å². The fraction of sp³-hybridized carbons (Fsp3) is 0.400. The van der Waals surface area contributed by atoms with Gasteiger partial charge in [0.1, 0.15) is 11.5 Å². The van der Waals surface area contributed by atoms with E-state index in [1.807, 2.05) is 12.1 Å². The van der Waals surface area contributed by atoms with Crippen molar-refractivity contribution in [2.75, 3.05) is 25.0 Å². The fourth-order valence-electron chi connectivity index (χ4n) is 3.54. The monoisotopic (exact) mass is 401 g/mol. The summed E-state index contributed by atoms with van der Waals surface area (Å²) in [5.41, 5.74) is 1.31. The molecule has 3 aromatic rings. The van der Waals surface area contributed by atoms with E-state index in [0.717, 1.165) is 12.3 Å². The second kappa shape index (κ2) is 7.82. The number of piperidine rings is 1. The van der Waals surface area contributed by atoms with E-state index in [1.54, 1.807) is 23.4 Å². The Kier molecular flexibility index (Phi) is 5.23. The summed E-state index contributed by atoms with van der Waals surface area (Å²) in [6, 6.07) is 5.40. The maximum Gasteiger partial charge on any atom is 0.257 e. The van der Waals surface area contributed by atoms with Gasteiger partial charge in [-0.1, -0.05) is 0 Å². The molecule has 0 unspecified atom stereocenters. The molecule has 1 saturated heterocycles. The van der Waals surface area contributed by atoms with Crippen molar-refractivity contribution in [2.24, 2.45) is 5.92 Å². The van der Waals surface area contributed by atoms with Gasteiger partial charge in [-0.05, 0) is 38.1 Å². The lowest BCUT2D eigenvalue weighted by Crippen LogP contribution is -2.42. The average molecular weight is 401 g/mol. The number of nitrogens with one attached hydrogen (secondary N) is 1. The van der Waals surface area contributed by atoms with E-state index >= 15 is 0 Å². The van der Waals surface area contributed by atoms with Crippen molar-refractivity contribution in [3.8, 4) is 11.5 Å². The van der Waals surface area contributed by atoms with Gasteiger partial charge in [-0.2, -0.15) is 0 Å². The van der Waals surface area contributed by atoms with Crippen LogP contribution in [0, 0.1) is 5.92 Å². The number of nitrogens with zero attached hydrogens (tertiary/aromatic N) is 4. The second-order valence-corrected chi connectivity index (χ2v) is 7.43. The number of carbonyl (C=O) groups is 1. The second-order valence-electron chi connectivity index (χ2n) is 7.43. The van der Waals surface area contributed by atoms with Gasteiger partial charge in [0.25, 0.3) is 5.92 Å². The molecule has 0 radical (unpaired) electrons. The van der Waals surface area contributed by atoms with Crippen molar-refractivity contribution in [3.05, 3.63) is 37.0 Å². The van der Waals surface area contributed by atoms with Crippen LogP contribution >= 0.6 is 0 Å². The van der Waals surface area contributed by atoms with Crippen LogP contribution in [0.15, 0.2) is 41.4 Å². The minimum absolute atomic E-state index is 0.147. The van der Waals surface area contributed by atoms with Crippen molar-refractivity contribution >= 4 is 22.6 Å². The van der Waals surface area contributed by atoms with Gasteiger partial charge in [-0.25, -0.2) is 23.7 Å². The van der Waals surface area contributed by atoms with Gasteiger partial charge in [0.15, 0.2) is 12.2 Å². The third kappa shape index (κ3) is 4.73. The molecule has 1 fully saturated rings. The minimum Gasteiger partial charge on any atom is -0.442 e. The van der Waals surface area contributed by atoms with Gasteiger partial charge in [0.05, 0.1) is 18.3 Å². The van der Waals surface area contributed by atoms with E-state index in [9.17, 15) is 13.6 Å². The molecule has 7 nitrogen and oxygen atoms in total. The van der Waals surface area contributed by atoms with Crippen molar-refractivity contribution in [1.29, 1.82) is 0 Å². The summed E-state index contributed by atoms with van der Waals surface area (Å²) in [5.74, 6) is -2.12. The molecule has 0 saturated carbocycles. The summed E-state index contributed by atoms with van der Waals surface area (Å²) in [5, 5.41) is 3.66. The number of pyridine rings is 2. The summed E-state index contributed by atoms with van der Waals surface area (Å²) in [6.07, 6.45) is 5.66. The number of likely N-dealkylation sites (tertiary alicyclic amines) is 1. The first-order valence-corrected chi connectivity index (χ1v) is 9.44. The number of oxazole rings is 1. The molecule has 0 aliphatic carbocycles. The van der Waals surface area contributed by atoms with Crippen molar-refractivity contribution in [1.82, 2.24) is 19.9 Å². The Hall–Kier alpha value is -2.94. The lowest BCUT2D eigenvalue weighted by molar-refractivity contribution is -0.121. The van der Waals surface area contributed by atoms with Gasteiger partial charge in [-0.3, -0.25) is 9.69 Å². The third-order valence-corrected chi connectivity index (χ3v) is 4.97. The quantitative estimate of drug-likeness (QED) is 0.703. The van der Waals surface area contributed by atoms with Crippen LogP contribution in [0.5, 0.6) is 0 Å². The Morgan fingerprint density at radius 1 is 1.31 bits per heavy atom. The molecule has 0 aromatic carbocycles. The first-order valence-electron chi connectivity index (χ1n) is 9.44. The normalized spacial score (nSPS) is 16.2. The summed E-state index contributed by atoms with van der Waals surface area (Å²) in [6.45, 7) is 1.61. The lowest BCUT2D eigenvalue weighted by atomic mass is 9.95. The predicted octanol–water partition coefficient (Wildman–Crippen LogP) is 3.59. The van der Waals surface area contributed by atoms with E-state index < -0.39 is 5.92 Å². The molecular formula is C20H21F2N5O2. The molecule has 1 aliphatic heterocycles. The van der Waals surface area contributed by atoms with Crippen LogP contribution in [0.25, 0.3) is 22.4 Å². The molecule has 9 heteroatoms. The molecule has 1 aliphatic rings. The summed E-state index contributed by atoms with van der Waals surface area (Å²) in [4.78, 5) is 27.0. The zero-order valence-electron chi connectivity index (χ0n) is 15.9. The lowest BCUT2D eigenvalue weighted by Gasteiger charge is -2.32. The van der Waals surface area contributed by atoms with E-state index in [4.69, 9.17) is 4.42 Å². The Morgan fingerprint density at radius 2 is 2.10 bits per heavy atom. The van der Waals surface area contributed by atoms with Crippen LogP contribution < -0.4 is 5.32 Å². The first-order chi connectivity index (χ1) is 13.9. The highest BCUT2D eigenvalue weighted by Crippen LogP contribution is 2.24. The highest BCUT2D eigenvalue weighted by Gasteiger charge is 2.30. The van der Waals surface area contributed by atoms with Crippen molar-refractivity contribution in [2.45, 2.75) is 25.7 Å². The number of anilines is 1. The number of fused-ring (bicyclic) bond motifs is 1. The van der Waals surface area contributed by atoms with Crippen LogP contribution in [-0.2, 0) is 4.79 Å². The Labute approximate surface area is 166 Å². The zero-order chi connectivity index (χ0) is 20.4. The molecule has 0 atom stereocenters. The highest BCUT2D eigenvalue weighted by molar-refractivity contribution is 5.93. The first kappa shape index (κ1) is 19.4. The Balaban J connectivity index is 1.42. The largest absolute Gasteiger partial charge is 0.442 e. The molecule has 4 heterocycles. The van der Waals surface area contributed by atoms with Crippen LogP contribution in [0.4, 0.5) is 14.6 Å². The summed E-state index contributed by atoms with van der Waals surface area (Å²) >= 11 is 0. The minimum atomic E-state index is -2.72. The molecule has 0 spiro atoms. The highest BCUT2D eigenvalue weighted by atomic mass is 19.3. The number of carbonyl (C=O) groups excluding carboxylic acids is 1. The number of hydrogen-bond donors (Lipinski definition) is 1. The number of alkyl halides is 2. The third-order valence-electron chi connectivity index (χ3n) is 4.97. The number of aromatic nitrogens is 3. The smallest absolute Gasteiger partial charge is 0.257 e. The number of halogens is 2. The van der Waals surface area contributed by atoms with Crippen LogP contribution in [-0.4, -0.2) is 51.3 Å². The molecule has 4 rings (SSSR count). The molecule has 0 bridgehead atoms. The van der Waals surface area contributed by atoms with Gasteiger partial charge >= 0.3 is 0 Å². The molecule has 152 valence electrons. The van der Waals surface area contributed by atoms with Gasteiger partial charge < -0.3 is 9.73 Å². The Morgan fingerprint density at radius 3 is 2.79 bits per heavy atom. The van der Waals surface area contributed by atoms with Crippen LogP contribution in [0.1, 0.15) is 19.8 Å². The van der Waals surface area contributed by atoms with Crippen LogP contribution in [0.3, 0.4) is 0 Å². The number of rotatable bonds is 5. The van der Waals surface area contributed by atoms with E-state index in [1.165, 1.54) is 6.39 Å². The molecule has 29 heavy (non-hydrogen) atoms. The molecule has 3 aromatic heterocycles. The average Bonchev–Trinajstić information content (AvgIpc) is 3.21. The molecule has 1 N–H and O–H groups in total. The number of amides is 1. The Bertz CT molecular complexity index is 996.